The summed E-state index contributed by atoms with van der Waals surface area (Å²) in [5, 5.41) is 0. The molecule has 0 saturated heterocycles. The number of methoxy groups -OCH3 is 1. The third-order valence-corrected chi connectivity index (χ3v) is 6.43. The Kier molecular flexibility index (Phi) is 4.64. The van der Waals surface area contributed by atoms with Crippen molar-refractivity contribution in [2.45, 2.75) is 78.6 Å². The van der Waals surface area contributed by atoms with Crippen LogP contribution in [0, 0.1) is 6.92 Å². The zero-order chi connectivity index (χ0) is 21.1. The SMILES string of the molecule is COc1c(C(C)(C)C)cc(-c2c3cc(C)cc-3cc3[c-]2CCC3)cc1C(C)(C)C. The second-order valence-electron chi connectivity index (χ2n) is 10.9. The van der Waals surface area contributed by atoms with Gasteiger partial charge in [0.2, 0.25) is 0 Å². The van der Waals surface area contributed by atoms with Gasteiger partial charge in [0.1, 0.15) is 5.75 Å². The molecule has 0 aliphatic heterocycles. The first kappa shape index (κ1) is 20.1. The summed E-state index contributed by atoms with van der Waals surface area (Å²) in [6, 6.07) is 12.0. The highest BCUT2D eigenvalue weighted by atomic mass is 16.5. The zero-order valence-corrected chi connectivity index (χ0v) is 19.4. The topological polar surface area (TPSA) is 9.23 Å². The first-order valence-electron chi connectivity index (χ1n) is 11.0. The Morgan fingerprint density at radius 3 is 2.00 bits per heavy atom. The van der Waals surface area contributed by atoms with Gasteiger partial charge in [-0.15, -0.1) is 33.9 Å². The molecule has 0 spiro atoms. The van der Waals surface area contributed by atoms with Crippen LogP contribution in [0.3, 0.4) is 0 Å². The minimum absolute atomic E-state index is 0.0142. The van der Waals surface area contributed by atoms with Crippen LogP contribution in [0.2, 0.25) is 0 Å². The van der Waals surface area contributed by atoms with Crippen molar-refractivity contribution in [3.8, 4) is 28.0 Å². The highest BCUT2D eigenvalue weighted by Gasteiger charge is 2.27. The van der Waals surface area contributed by atoms with Crippen LogP contribution in [0.1, 0.15) is 75.8 Å². The van der Waals surface area contributed by atoms with Crippen LogP contribution < -0.4 is 4.74 Å². The Bertz CT molecular complexity index is 998. The third kappa shape index (κ3) is 3.39. The summed E-state index contributed by atoms with van der Waals surface area (Å²) >= 11 is 0. The fourth-order valence-electron chi connectivity index (χ4n) is 5.01. The smallest absolute Gasteiger partial charge is 0.124 e. The normalized spacial score (nSPS) is 14.5. The summed E-state index contributed by atoms with van der Waals surface area (Å²) in [5.74, 6) is 1.05. The van der Waals surface area contributed by atoms with Gasteiger partial charge >= 0.3 is 0 Å². The maximum Gasteiger partial charge on any atom is 0.124 e. The Hall–Kier alpha value is -2.15. The Balaban J connectivity index is 2.10. The van der Waals surface area contributed by atoms with E-state index < -0.39 is 0 Å². The molecule has 4 rings (SSSR count). The van der Waals surface area contributed by atoms with Crippen LogP contribution >= 0.6 is 0 Å². The molecule has 1 aromatic carbocycles. The molecule has 0 unspecified atom stereocenters. The van der Waals surface area contributed by atoms with E-state index >= 15 is 0 Å². The number of fused-ring (bicyclic) bond motifs is 2. The molecular weight excluding hydrogens is 352 g/mol. The lowest BCUT2D eigenvalue weighted by Crippen LogP contribution is -2.19. The summed E-state index contributed by atoms with van der Waals surface area (Å²) < 4.78 is 6.00. The van der Waals surface area contributed by atoms with Crippen LogP contribution in [-0.2, 0) is 23.7 Å². The highest BCUT2D eigenvalue weighted by molar-refractivity contribution is 5.91. The molecule has 1 heteroatoms. The molecule has 1 aromatic rings. The number of rotatable bonds is 2. The molecule has 0 N–H and O–H groups in total. The van der Waals surface area contributed by atoms with Crippen molar-refractivity contribution < 1.29 is 4.74 Å². The van der Waals surface area contributed by atoms with E-state index in [1.54, 1.807) is 11.1 Å². The largest absolute Gasteiger partial charge is 0.496 e. The van der Waals surface area contributed by atoms with Crippen molar-refractivity contribution in [3.63, 3.8) is 0 Å². The lowest BCUT2D eigenvalue weighted by molar-refractivity contribution is 0.381. The van der Waals surface area contributed by atoms with Gasteiger partial charge in [0.25, 0.3) is 0 Å². The number of hydrogen-bond acceptors (Lipinski definition) is 1. The van der Waals surface area contributed by atoms with Crippen LogP contribution in [0.4, 0.5) is 0 Å². The monoisotopic (exact) mass is 387 g/mol. The maximum atomic E-state index is 6.00. The molecule has 29 heavy (non-hydrogen) atoms. The lowest BCUT2D eigenvalue weighted by atomic mass is 9.76. The van der Waals surface area contributed by atoms with Crippen LogP contribution in [0.15, 0.2) is 30.3 Å². The molecule has 0 amide bonds. The molecule has 3 aliphatic carbocycles. The van der Waals surface area contributed by atoms with E-state index in [1.165, 1.54) is 58.2 Å². The minimum Gasteiger partial charge on any atom is -0.496 e. The lowest BCUT2D eigenvalue weighted by Gasteiger charge is -2.33. The number of ether oxygens (including phenoxy) is 1. The number of aryl methyl sites for hydroxylation is 2. The van der Waals surface area contributed by atoms with E-state index in [-0.39, 0.29) is 10.8 Å². The average molecular weight is 388 g/mol. The van der Waals surface area contributed by atoms with Gasteiger partial charge in [0.15, 0.2) is 0 Å². The molecule has 0 atom stereocenters. The summed E-state index contributed by atoms with van der Waals surface area (Å²) in [4.78, 5) is 0. The Morgan fingerprint density at radius 2 is 1.45 bits per heavy atom. The molecule has 0 saturated carbocycles. The average Bonchev–Trinajstić information content (AvgIpc) is 3.21. The van der Waals surface area contributed by atoms with Crippen LogP contribution in [0.5, 0.6) is 5.75 Å². The second-order valence-corrected chi connectivity index (χ2v) is 10.9. The predicted octanol–water partition coefficient (Wildman–Crippen LogP) is 7.58. The van der Waals surface area contributed by atoms with Gasteiger partial charge in [0.05, 0.1) is 7.11 Å². The first-order chi connectivity index (χ1) is 13.5. The van der Waals surface area contributed by atoms with Gasteiger partial charge in [0, 0.05) is 0 Å². The summed E-state index contributed by atoms with van der Waals surface area (Å²) in [5.41, 5.74) is 12.7. The Labute approximate surface area is 176 Å². The molecule has 0 bridgehead atoms. The van der Waals surface area contributed by atoms with Gasteiger partial charge in [-0.1, -0.05) is 89.8 Å². The van der Waals surface area contributed by atoms with E-state index in [0.29, 0.717) is 0 Å². The van der Waals surface area contributed by atoms with Crippen molar-refractivity contribution >= 4 is 0 Å². The fourth-order valence-corrected chi connectivity index (χ4v) is 5.01. The van der Waals surface area contributed by atoms with E-state index in [2.05, 4.69) is 78.8 Å². The molecule has 1 nitrogen and oxygen atoms in total. The molecule has 3 aliphatic rings. The highest BCUT2D eigenvalue weighted by Crippen LogP contribution is 2.48. The van der Waals surface area contributed by atoms with Gasteiger partial charge in [-0.25, -0.2) is 0 Å². The maximum absolute atomic E-state index is 6.00. The van der Waals surface area contributed by atoms with Crippen molar-refractivity contribution in [3.05, 3.63) is 58.1 Å². The van der Waals surface area contributed by atoms with E-state index in [9.17, 15) is 0 Å². The summed E-state index contributed by atoms with van der Waals surface area (Å²) in [7, 11) is 1.82. The fraction of sp³-hybridized carbons (Fsp3) is 0.464. The molecule has 0 heterocycles. The quantitative estimate of drug-likeness (QED) is 0.412. The third-order valence-electron chi connectivity index (χ3n) is 6.43. The standard InChI is InChI=1S/C28H35O/c1-17-12-19-14-18-10-9-11-21(18)25(22(19)13-17)20-15-23(27(2,3)4)26(29-8)24(16-20)28(5,6)7/h12-16H,9-11H2,1-8H3/q-1. The zero-order valence-electron chi connectivity index (χ0n) is 19.4. The number of hydrogen-bond donors (Lipinski definition) is 0. The van der Waals surface area contributed by atoms with Crippen molar-refractivity contribution in [2.24, 2.45) is 0 Å². The summed E-state index contributed by atoms with van der Waals surface area (Å²) in [6.07, 6.45) is 3.66. The van der Waals surface area contributed by atoms with Gasteiger partial charge in [-0.3, -0.25) is 0 Å². The first-order valence-corrected chi connectivity index (χ1v) is 11.0. The molecular formula is C28H35O-. The summed E-state index contributed by atoms with van der Waals surface area (Å²) in [6.45, 7) is 16.0. The van der Waals surface area contributed by atoms with E-state index in [4.69, 9.17) is 4.74 Å². The predicted molar refractivity (Wildman–Crippen MR) is 125 cm³/mol. The second kappa shape index (κ2) is 6.69. The van der Waals surface area contributed by atoms with Crippen molar-refractivity contribution in [1.29, 1.82) is 0 Å². The Morgan fingerprint density at radius 1 is 0.828 bits per heavy atom. The van der Waals surface area contributed by atoms with Gasteiger partial charge in [-0.05, 0) is 35.3 Å². The number of benzene rings is 2. The van der Waals surface area contributed by atoms with E-state index in [1.807, 2.05) is 7.11 Å². The van der Waals surface area contributed by atoms with E-state index in [0.717, 1.165) is 5.75 Å². The van der Waals surface area contributed by atoms with Gasteiger partial charge in [-0.2, -0.15) is 0 Å². The van der Waals surface area contributed by atoms with Gasteiger partial charge < -0.3 is 4.74 Å². The molecule has 154 valence electrons. The molecule has 0 fully saturated rings. The van der Waals surface area contributed by atoms with Crippen LogP contribution in [-0.4, -0.2) is 7.11 Å². The molecule has 0 radical (unpaired) electrons. The van der Waals surface area contributed by atoms with Crippen molar-refractivity contribution in [1.82, 2.24) is 0 Å². The van der Waals surface area contributed by atoms with Crippen molar-refractivity contribution in [2.75, 3.05) is 7.11 Å². The molecule has 0 aromatic heterocycles. The van der Waals surface area contributed by atoms with Crippen LogP contribution in [0.25, 0.3) is 22.3 Å². The minimum atomic E-state index is 0.0142.